The Morgan fingerprint density at radius 3 is 2.29 bits per heavy atom. The zero-order valence-corrected chi connectivity index (χ0v) is 22.7. The van der Waals surface area contributed by atoms with Gasteiger partial charge in [-0.25, -0.2) is 0 Å². The van der Waals surface area contributed by atoms with Gasteiger partial charge < -0.3 is 20.1 Å². The van der Waals surface area contributed by atoms with Crippen molar-refractivity contribution in [3.8, 4) is 11.5 Å². The largest absolute Gasteiger partial charge is 0.493 e. The van der Waals surface area contributed by atoms with E-state index in [9.17, 15) is 9.59 Å². The van der Waals surface area contributed by atoms with E-state index in [0.717, 1.165) is 46.7 Å². The predicted molar refractivity (Wildman–Crippen MR) is 149 cm³/mol. The first-order valence-electron chi connectivity index (χ1n) is 12.8. The number of nitrogens with zero attached hydrogens (tertiary/aromatic N) is 1. The zero-order valence-electron chi connectivity index (χ0n) is 22.7. The quantitative estimate of drug-likeness (QED) is 0.493. The van der Waals surface area contributed by atoms with E-state index in [-0.39, 0.29) is 23.0 Å². The fourth-order valence-electron chi connectivity index (χ4n) is 5.29. The molecule has 0 saturated heterocycles. The zero-order chi connectivity index (χ0) is 27.2. The van der Waals surface area contributed by atoms with Crippen LogP contribution in [0.2, 0.25) is 0 Å². The highest BCUT2D eigenvalue weighted by Gasteiger charge is 2.39. The summed E-state index contributed by atoms with van der Waals surface area (Å²) in [6.45, 7) is 8.42. The number of methoxy groups -OCH3 is 1. The molecular weight excluding hydrogens is 478 g/mol. The normalized spacial score (nSPS) is 16.4. The average molecular weight is 512 g/mol. The molecule has 196 valence electrons. The number of fused-ring (bicyclic) bond motifs is 3. The highest BCUT2D eigenvalue weighted by Crippen LogP contribution is 2.47. The third kappa shape index (κ3) is 4.76. The summed E-state index contributed by atoms with van der Waals surface area (Å²) in [4.78, 5) is 30.0. The summed E-state index contributed by atoms with van der Waals surface area (Å²) < 4.78 is 12.0. The Bertz CT molecular complexity index is 1470. The number of hydrogen-bond acceptors (Lipinski definition) is 5. The van der Waals surface area contributed by atoms with Crippen molar-refractivity contribution in [1.82, 2.24) is 5.32 Å². The number of aliphatic imine (C=N–C) groups is 1. The van der Waals surface area contributed by atoms with Crippen molar-refractivity contribution in [2.24, 2.45) is 4.99 Å². The highest BCUT2D eigenvalue weighted by molar-refractivity contribution is 6.17. The number of hydrogen-bond donors (Lipinski definition) is 2. The number of carbonyl (C=O) groups excluding carboxylic acids is 2. The number of amides is 2. The van der Waals surface area contributed by atoms with Crippen molar-refractivity contribution >= 4 is 23.2 Å². The van der Waals surface area contributed by atoms with Gasteiger partial charge >= 0.3 is 0 Å². The average Bonchev–Trinajstić information content (AvgIpc) is 3.21. The van der Waals surface area contributed by atoms with Gasteiger partial charge in [-0.05, 0) is 82.1 Å². The fourth-order valence-corrected chi connectivity index (χ4v) is 5.29. The van der Waals surface area contributed by atoms with Gasteiger partial charge in [-0.1, -0.05) is 12.1 Å². The van der Waals surface area contributed by atoms with Crippen LogP contribution in [0.15, 0.2) is 59.6 Å². The van der Waals surface area contributed by atoms with Crippen LogP contribution in [0.4, 0.5) is 5.69 Å². The van der Waals surface area contributed by atoms with E-state index in [1.807, 2.05) is 24.3 Å². The molecule has 0 unspecified atom stereocenters. The lowest BCUT2D eigenvalue weighted by Gasteiger charge is -2.31. The highest BCUT2D eigenvalue weighted by atomic mass is 16.5. The summed E-state index contributed by atoms with van der Waals surface area (Å²) >= 11 is 0. The molecule has 0 fully saturated rings. The molecule has 0 radical (unpaired) electrons. The van der Waals surface area contributed by atoms with Crippen LogP contribution in [0.25, 0.3) is 0 Å². The Morgan fingerprint density at radius 1 is 0.947 bits per heavy atom. The minimum absolute atomic E-state index is 0.195. The van der Waals surface area contributed by atoms with Crippen LogP contribution in [0, 0.1) is 0 Å². The number of rotatable bonds is 5. The van der Waals surface area contributed by atoms with Gasteiger partial charge in [0.25, 0.3) is 11.8 Å². The van der Waals surface area contributed by atoms with E-state index >= 15 is 0 Å². The SMILES string of the molecule is CNC(=O)c1ccc(C(=O)Nc2cccc(C3=NC(C)(C)Cc4cc(OC)c5c(c43)CC(C)(C)O5)c2)cc1. The topological polar surface area (TPSA) is 89.0 Å². The molecule has 5 rings (SSSR count). The summed E-state index contributed by atoms with van der Waals surface area (Å²) in [6, 6.07) is 16.4. The second-order valence-electron chi connectivity index (χ2n) is 11.1. The molecule has 7 heteroatoms. The standard InChI is InChI=1S/C31H33N3O4/c1-30(2)16-21-15-24(37-6)27-23(17-31(3,4)38-27)25(21)26(34-30)20-8-7-9-22(14-20)33-29(36)19-12-10-18(11-13-19)28(35)32-5/h7-15H,16-17H2,1-6H3,(H,32,35)(H,33,36). The summed E-state index contributed by atoms with van der Waals surface area (Å²) in [6.07, 6.45) is 1.54. The van der Waals surface area contributed by atoms with E-state index in [4.69, 9.17) is 14.5 Å². The minimum atomic E-state index is -0.341. The molecule has 0 atom stereocenters. The first-order chi connectivity index (χ1) is 18.0. The van der Waals surface area contributed by atoms with E-state index in [2.05, 4.69) is 44.4 Å². The van der Waals surface area contributed by atoms with Gasteiger partial charge in [-0.15, -0.1) is 0 Å². The van der Waals surface area contributed by atoms with Crippen molar-refractivity contribution < 1.29 is 19.1 Å². The Morgan fingerprint density at radius 2 is 1.63 bits per heavy atom. The van der Waals surface area contributed by atoms with Gasteiger partial charge in [-0.2, -0.15) is 0 Å². The molecule has 0 saturated carbocycles. The molecule has 2 amide bonds. The van der Waals surface area contributed by atoms with Crippen LogP contribution in [0.3, 0.4) is 0 Å². The van der Waals surface area contributed by atoms with Gasteiger partial charge in [0.1, 0.15) is 5.60 Å². The Labute approximate surface area is 223 Å². The number of carbonyl (C=O) groups is 2. The van der Waals surface area contributed by atoms with Gasteiger partial charge in [0.15, 0.2) is 11.5 Å². The smallest absolute Gasteiger partial charge is 0.255 e. The molecule has 2 N–H and O–H groups in total. The maximum absolute atomic E-state index is 13.0. The predicted octanol–water partition coefficient (Wildman–Crippen LogP) is 5.19. The molecule has 0 spiro atoms. The molecule has 3 aromatic rings. The fraction of sp³-hybridized carbons (Fsp3) is 0.323. The second kappa shape index (κ2) is 9.31. The van der Waals surface area contributed by atoms with Gasteiger partial charge in [0.05, 0.1) is 18.4 Å². The summed E-state index contributed by atoms with van der Waals surface area (Å²) in [5.74, 6) is 1.09. The van der Waals surface area contributed by atoms with E-state index < -0.39 is 0 Å². The van der Waals surface area contributed by atoms with Gasteiger partial charge in [0, 0.05) is 47.0 Å². The maximum atomic E-state index is 13.0. The maximum Gasteiger partial charge on any atom is 0.255 e. The molecule has 38 heavy (non-hydrogen) atoms. The minimum Gasteiger partial charge on any atom is -0.493 e. The van der Waals surface area contributed by atoms with Crippen LogP contribution in [-0.4, -0.2) is 42.8 Å². The Balaban J connectivity index is 1.51. The molecule has 0 bridgehead atoms. The molecule has 2 aliphatic heterocycles. The molecule has 3 aromatic carbocycles. The molecular formula is C31H33N3O4. The lowest BCUT2D eigenvalue weighted by Crippen LogP contribution is -2.30. The van der Waals surface area contributed by atoms with Crippen molar-refractivity contribution in [3.05, 3.63) is 88.0 Å². The van der Waals surface area contributed by atoms with Crippen molar-refractivity contribution in [2.75, 3.05) is 19.5 Å². The summed E-state index contributed by atoms with van der Waals surface area (Å²) in [7, 11) is 3.25. The van der Waals surface area contributed by atoms with Crippen LogP contribution in [0.1, 0.15) is 70.7 Å². The number of nitrogens with one attached hydrogen (secondary N) is 2. The van der Waals surface area contributed by atoms with E-state index in [1.54, 1.807) is 38.4 Å². The number of anilines is 1. The summed E-state index contributed by atoms with van der Waals surface area (Å²) in [5.41, 5.74) is 6.19. The lowest BCUT2D eigenvalue weighted by atomic mass is 9.81. The van der Waals surface area contributed by atoms with Gasteiger partial charge in [-0.3, -0.25) is 14.6 Å². The first-order valence-corrected chi connectivity index (χ1v) is 12.8. The van der Waals surface area contributed by atoms with E-state index in [0.29, 0.717) is 16.8 Å². The lowest BCUT2D eigenvalue weighted by molar-refractivity contribution is 0.0961. The van der Waals surface area contributed by atoms with Crippen molar-refractivity contribution in [3.63, 3.8) is 0 Å². The van der Waals surface area contributed by atoms with Crippen LogP contribution in [0.5, 0.6) is 11.5 Å². The third-order valence-electron chi connectivity index (χ3n) is 6.93. The number of benzene rings is 3. The second-order valence-corrected chi connectivity index (χ2v) is 11.1. The molecule has 2 heterocycles. The van der Waals surface area contributed by atoms with Crippen molar-refractivity contribution in [1.29, 1.82) is 0 Å². The Kier molecular flexibility index (Phi) is 6.25. The van der Waals surface area contributed by atoms with Crippen LogP contribution >= 0.6 is 0 Å². The molecule has 2 aliphatic rings. The molecule has 7 nitrogen and oxygen atoms in total. The summed E-state index contributed by atoms with van der Waals surface area (Å²) in [5, 5.41) is 5.57. The van der Waals surface area contributed by atoms with Crippen LogP contribution in [-0.2, 0) is 12.8 Å². The van der Waals surface area contributed by atoms with E-state index in [1.165, 1.54) is 5.56 Å². The monoisotopic (exact) mass is 511 g/mol. The Hall–Kier alpha value is -4.13. The van der Waals surface area contributed by atoms with Gasteiger partial charge in [0.2, 0.25) is 0 Å². The number of ether oxygens (including phenoxy) is 2. The van der Waals surface area contributed by atoms with Crippen molar-refractivity contribution in [2.45, 2.75) is 51.7 Å². The van der Waals surface area contributed by atoms with Crippen LogP contribution < -0.4 is 20.1 Å². The third-order valence-corrected chi connectivity index (χ3v) is 6.93. The molecule has 0 aliphatic carbocycles. The first kappa shape index (κ1) is 25.5. The molecule has 0 aromatic heterocycles.